The number of halogens is 1. The van der Waals surface area contributed by atoms with Gasteiger partial charge in [-0.05, 0) is 42.3 Å². The van der Waals surface area contributed by atoms with Crippen LogP contribution in [0.4, 0.5) is 0 Å². The molecule has 2 N–H and O–H groups in total. The summed E-state index contributed by atoms with van der Waals surface area (Å²) in [7, 11) is 1.50. The summed E-state index contributed by atoms with van der Waals surface area (Å²) in [6.45, 7) is 0.495. The third-order valence-corrected chi connectivity index (χ3v) is 3.28. The summed E-state index contributed by atoms with van der Waals surface area (Å²) in [5.41, 5.74) is 1.49. The molecule has 0 saturated carbocycles. The highest BCUT2D eigenvalue weighted by atomic mass is 35.5. The lowest BCUT2D eigenvalue weighted by Gasteiger charge is -2.09. The van der Waals surface area contributed by atoms with E-state index in [1.165, 1.54) is 7.11 Å². The third kappa shape index (κ3) is 4.13. The standard InChI is InChI=1S/C16H16ClNO3/c1-21-15-10-12(17)4-7-14(15)16(20)18-9-8-11-2-5-13(19)6-3-11/h2-7,10,19H,8-9H2,1H3,(H,18,20). The van der Waals surface area contributed by atoms with Crippen LogP contribution in [0.1, 0.15) is 15.9 Å². The number of benzene rings is 2. The number of aromatic hydroxyl groups is 1. The Morgan fingerprint density at radius 1 is 1.24 bits per heavy atom. The first-order valence-electron chi connectivity index (χ1n) is 6.50. The predicted molar refractivity (Wildman–Crippen MR) is 82.1 cm³/mol. The van der Waals surface area contributed by atoms with Crippen molar-refractivity contribution in [2.75, 3.05) is 13.7 Å². The number of methoxy groups -OCH3 is 1. The van der Waals surface area contributed by atoms with Crippen LogP contribution < -0.4 is 10.1 Å². The van der Waals surface area contributed by atoms with Gasteiger partial charge in [0.2, 0.25) is 0 Å². The second kappa shape index (κ2) is 6.99. The van der Waals surface area contributed by atoms with Crippen LogP contribution in [0.3, 0.4) is 0 Å². The molecule has 0 aromatic heterocycles. The number of ether oxygens (including phenoxy) is 1. The maximum absolute atomic E-state index is 12.1. The summed E-state index contributed by atoms with van der Waals surface area (Å²) < 4.78 is 5.15. The van der Waals surface area contributed by atoms with Crippen LogP contribution in [0.15, 0.2) is 42.5 Å². The number of carbonyl (C=O) groups excluding carboxylic acids is 1. The largest absolute Gasteiger partial charge is 0.508 e. The second-order valence-electron chi connectivity index (χ2n) is 4.52. The van der Waals surface area contributed by atoms with Crippen molar-refractivity contribution in [3.8, 4) is 11.5 Å². The molecule has 0 radical (unpaired) electrons. The molecule has 0 aliphatic carbocycles. The summed E-state index contributed by atoms with van der Waals surface area (Å²) in [6, 6.07) is 11.8. The molecule has 0 bridgehead atoms. The van der Waals surface area contributed by atoms with Crippen molar-refractivity contribution in [1.82, 2.24) is 5.32 Å². The summed E-state index contributed by atoms with van der Waals surface area (Å²) in [5.74, 6) is 0.473. The van der Waals surface area contributed by atoms with Gasteiger partial charge in [0.25, 0.3) is 5.91 Å². The Morgan fingerprint density at radius 2 is 1.95 bits per heavy atom. The van der Waals surface area contributed by atoms with Crippen LogP contribution in [0, 0.1) is 0 Å². The van der Waals surface area contributed by atoms with E-state index in [0.29, 0.717) is 29.3 Å². The van der Waals surface area contributed by atoms with E-state index in [-0.39, 0.29) is 11.7 Å². The van der Waals surface area contributed by atoms with Gasteiger partial charge in [-0.2, -0.15) is 0 Å². The highest BCUT2D eigenvalue weighted by molar-refractivity contribution is 6.30. The lowest BCUT2D eigenvalue weighted by Crippen LogP contribution is -2.26. The fourth-order valence-electron chi connectivity index (χ4n) is 1.93. The number of phenolic OH excluding ortho intramolecular Hbond substituents is 1. The van der Waals surface area contributed by atoms with Gasteiger partial charge in [-0.3, -0.25) is 4.79 Å². The molecule has 5 heteroatoms. The number of phenols is 1. The molecule has 0 aliphatic rings. The SMILES string of the molecule is COc1cc(Cl)ccc1C(=O)NCCc1ccc(O)cc1. The Labute approximate surface area is 128 Å². The maximum atomic E-state index is 12.1. The molecule has 0 atom stereocenters. The van der Waals surface area contributed by atoms with Gasteiger partial charge in [0.05, 0.1) is 12.7 Å². The second-order valence-corrected chi connectivity index (χ2v) is 4.95. The number of carbonyl (C=O) groups is 1. The molecule has 1 amide bonds. The smallest absolute Gasteiger partial charge is 0.255 e. The minimum absolute atomic E-state index is 0.206. The van der Waals surface area contributed by atoms with Crippen molar-refractivity contribution in [2.45, 2.75) is 6.42 Å². The van der Waals surface area contributed by atoms with Gasteiger partial charge in [0.15, 0.2) is 0 Å². The summed E-state index contributed by atoms with van der Waals surface area (Å²) in [4.78, 5) is 12.1. The van der Waals surface area contributed by atoms with E-state index in [1.807, 2.05) is 12.1 Å². The van der Waals surface area contributed by atoms with Crippen molar-refractivity contribution in [1.29, 1.82) is 0 Å². The van der Waals surface area contributed by atoms with E-state index in [2.05, 4.69) is 5.32 Å². The number of nitrogens with one attached hydrogen (secondary N) is 1. The van der Waals surface area contributed by atoms with E-state index in [0.717, 1.165) is 5.56 Å². The number of hydrogen-bond donors (Lipinski definition) is 2. The molecule has 0 spiro atoms. The lowest BCUT2D eigenvalue weighted by atomic mass is 10.1. The summed E-state index contributed by atoms with van der Waals surface area (Å²) in [6.07, 6.45) is 0.682. The molecule has 4 nitrogen and oxygen atoms in total. The quantitative estimate of drug-likeness (QED) is 0.892. The molecule has 2 aromatic carbocycles. The number of hydrogen-bond acceptors (Lipinski definition) is 3. The van der Waals surface area contributed by atoms with Crippen molar-refractivity contribution in [3.05, 3.63) is 58.6 Å². The Kier molecular flexibility index (Phi) is 5.06. The number of rotatable bonds is 5. The molecule has 0 fully saturated rings. The van der Waals surface area contributed by atoms with Crippen molar-refractivity contribution >= 4 is 17.5 Å². The molecule has 0 saturated heterocycles. The molecule has 2 rings (SSSR count). The maximum Gasteiger partial charge on any atom is 0.255 e. The molecular formula is C16H16ClNO3. The molecule has 21 heavy (non-hydrogen) atoms. The van der Waals surface area contributed by atoms with Crippen LogP contribution in [-0.4, -0.2) is 24.7 Å². The zero-order valence-electron chi connectivity index (χ0n) is 11.6. The van der Waals surface area contributed by atoms with Crippen molar-refractivity contribution < 1.29 is 14.6 Å². The highest BCUT2D eigenvalue weighted by Gasteiger charge is 2.12. The van der Waals surface area contributed by atoms with Crippen LogP contribution in [-0.2, 0) is 6.42 Å². The first-order valence-corrected chi connectivity index (χ1v) is 6.87. The fraction of sp³-hybridized carbons (Fsp3) is 0.188. The molecule has 2 aromatic rings. The monoisotopic (exact) mass is 305 g/mol. The Balaban J connectivity index is 1.94. The van der Waals surface area contributed by atoms with Gasteiger partial charge in [-0.1, -0.05) is 23.7 Å². The average molecular weight is 306 g/mol. The van der Waals surface area contributed by atoms with E-state index < -0.39 is 0 Å². The normalized spacial score (nSPS) is 10.2. The highest BCUT2D eigenvalue weighted by Crippen LogP contribution is 2.22. The van der Waals surface area contributed by atoms with Gasteiger partial charge in [-0.15, -0.1) is 0 Å². The molecule has 0 aliphatic heterocycles. The number of amides is 1. The molecule has 110 valence electrons. The molecular weight excluding hydrogens is 290 g/mol. The Morgan fingerprint density at radius 3 is 2.62 bits per heavy atom. The minimum Gasteiger partial charge on any atom is -0.508 e. The van der Waals surface area contributed by atoms with Gasteiger partial charge in [0, 0.05) is 11.6 Å². The summed E-state index contributed by atoms with van der Waals surface area (Å²) in [5, 5.41) is 12.6. The summed E-state index contributed by atoms with van der Waals surface area (Å²) >= 11 is 5.87. The van der Waals surface area contributed by atoms with Crippen LogP contribution in [0.2, 0.25) is 5.02 Å². The van der Waals surface area contributed by atoms with E-state index in [9.17, 15) is 9.90 Å². The predicted octanol–water partition coefficient (Wildman–Crippen LogP) is 3.03. The van der Waals surface area contributed by atoms with Gasteiger partial charge >= 0.3 is 0 Å². The van der Waals surface area contributed by atoms with Crippen molar-refractivity contribution in [2.24, 2.45) is 0 Å². The van der Waals surface area contributed by atoms with Crippen LogP contribution in [0.5, 0.6) is 11.5 Å². The first-order chi connectivity index (χ1) is 10.1. The lowest BCUT2D eigenvalue weighted by molar-refractivity contribution is 0.0951. The zero-order valence-corrected chi connectivity index (χ0v) is 12.4. The van der Waals surface area contributed by atoms with E-state index >= 15 is 0 Å². The fourth-order valence-corrected chi connectivity index (χ4v) is 2.09. The average Bonchev–Trinajstić information content (AvgIpc) is 2.49. The Bertz CT molecular complexity index is 626. The Hall–Kier alpha value is -2.20. The van der Waals surface area contributed by atoms with Gasteiger partial charge in [0.1, 0.15) is 11.5 Å². The molecule has 0 unspecified atom stereocenters. The topological polar surface area (TPSA) is 58.6 Å². The van der Waals surface area contributed by atoms with E-state index in [4.69, 9.17) is 16.3 Å². The van der Waals surface area contributed by atoms with Crippen LogP contribution in [0.25, 0.3) is 0 Å². The zero-order chi connectivity index (χ0) is 15.2. The van der Waals surface area contributed by atoms with Gasteiger partial charge < -0.3 is 15.2 Å². The van der Waals surface area contributed by atoms with Crippen LogP contribution >= 0.6 is 11.6 Å². The van der Waals surface area contributed by atoms with E-state index in [1.54, 1.807) is 30.3 Å². The molecule has 0 heterocycles. The first kappa shape index (κ1) is 15.2. The van der Waals surface area contributed by atoms with Gasteiger partial charge in [-0.25, -0.2) is 0 Å². The third-order valence-electron chi connectivity index (χ3n) is 3.04. The minimum atomic E-state index is -0.206. The van der Waals surface area contributed by atoms with Crippen molar-refractivity contribution in [3.63, 3.8) is 0 Å².